The molecule has 2 heteroatoms. The predicted octanol–water partition coefficient (Wildman–Crippen LogP) is 4.62. The molecular formula is C17H20O2. The number of para-hydroxylation sites is 1. The van der Waals surface area contributed by atoms with Crippen molar-refractivity contribution in [2.75, 3.05) is 6.79 Å². The van der Waals surface area contributed by atoms with Gasteiger partial charge in [-0.3, -0.25) is 0 Å². The van der Waals surface area contributed by atoms with Gasteiger partial charge in [0.25, 0.3) is 0 Å². The summed E-state index contributed by atoms with van der Waals surface area (Å²) in [5.41, 5.74) is 1.31. The molecule has 1 unspecified atom stereocenters. The van der Waals surface area contributed by atoms with Gasteiger partial charge in [-0.25, -0.2) is 0 Å². The zero-order chi connectivity index (χ0) is 13.5. The van der Waals surface area contributed by atoms with Crippen molar-refractivity contribution < 1.29 is 9.47 Å². The van der Waals surface area contributed by atoms with Gasteiger partial charge in [-0.15, -0.1) is 0 Å². The molecule has 19 heavy (non-hydrogen) atoms. The molecule has 0 aliphatic carbocycles. The molecule has 2 aromatic carbocycles. The maximum absolute atomic E-state index is 5.62. The summed E-state index contributed by atoms with van der Waals surface area (Å²) in [5.74, 6) is 2.23. The van der Waals surface area contributed by atoms with Gasteiger partial charge in [-0.2, -0.15) is 0 Å². The van der Waals surface area contributed by atoms with Gasteiger partial charge in [-0.1, -0.05) is 44.2 Å². The van der Waals surface area contributed by atoms with E-state index in [0.717, 1.165) is 17.9 Å². The molecule has 100 valence electrons. The highest BCUT2D eigenvalue weighted by molar-refractivity contribution is 5.30. The van der Waals surface area contributed by atoms with Crippen LogP contribution in [-0.2, 0) is 0 Å². The Labute approximate surface area is 115 Å². The second-order valence-corrected chi connectivity index (χ2v) is 4.60. The van der Waals surface area contributed by atoms with Crippen LogP contribution >= 0.6 is 0 Å². The molecule has 0 saturated carbocycles. The Kier molecular flexibility index (Phi) is 4.85. The van der Waals surface area contributed by atoms with Crippen molar-refractivity contribution in [3.8, 4) is 11.5 Å². The van der Waals surface area contributed by atoms with Crippen molar-refractivity contribution in [1.29, 1.82) is 0 Å². The van der Waals surface area contributed by atoms with Gasteiger partial charge in [0.05, 0.1) is 0 Å². The molecule has 0 N–H and O–H groups in total. The topological polar surface area (TPSA) is 18.5 Å². The fourth-order valence-corrected chi connectivity index (χ4v) is 1.83. The lowest BCUT2D eigenvalue weighted by Crippen LogP contribution is -2.05. The zero-order valence-corrected chi connectivity index (χ0v) is 11.5. The van der Waals surface area contributed by atoms with Gasteiger partial charge in [0.2, 0.25) is 6.79 Å². The van der Waals surface area contributed by atoms with Crippen molar-refractivity contribution in [2.24, 2.45) is 0 Å². The molecule has 0 saturated heterocycles. The molecule has 0 heterocycles. The van der Waals surface area contributed by atoms with Crippen molar-refractivity contribution in [2.45, 2.75) is 26.2 Å². The fourth-order valence-electron chi connectivity index (χ4n) is 1.83. The number of hydrogen-bond donors (Lipinski definition) is 0. The molecule has 2 rings (SSSR count). The Bertz CT molecular complexity index is 494. The summed E-state index contributed by atoms with van der Waals surface area (Å²) in [6, 6.07) is 17.9. The van der Waals surface area contributed by atoms with Crippen LogP contribution in [0.3, 0.4) is 0 Å². The van der Waals surface area contributed by atoms with E-state index in [2.05, 4.69) is 26.0 Å². The van der Waals surface area contributed by atoms with Gasteiger partial charge in [0.1, 0.15) is 11.5 Å². The minimum absolute atomic E-state index is 0.230. The van der Waals surface area contributed by atoms with Crippen molar-refractivity contribution in [3.63, 3.8) is 0 Å². The third-order valence-corrected chi connectivity index (χ3v) is 3.23. The number of benzene rings is 2. The van der Waals surface area contributed by atoms with Crippen molar-refractivity contribution in [1.82, 2.24) is 0 Å². The molecule has 0 aromatic heterocycles. The molecule has 0 fully saturated rings. The summed E-state index contributed by atoms with van der Waals surface area (Å²) in [5, 5.41) is 0. The van der Waals surface area contributed by atoms with Gasteiger partial charge < -0.3 is 9.47 Å². The van der Waals surface area contributed by atoms with Crippen molar-refractivity contribution >= 4 is 0 Å². The number of rotatable bonds is 6. The average Bonchev–Trinajstić information content (AvgIpc) is 2.48. The largest absolute Gasteiger partial charge is 0.458 e. The SMILES string of the molecule is CCC(C)c1cccc(OCOc2ccccc2)c1. The van der Waals surface area contributed by atoms with E-state index in [-0.39, 0.29) is 6.79 Å². The van der Waals surface area contributed by atoms with Crippen molar-refractivity contribution in [3.05, 3.63) is 60.2 Å². The fraction of sp³-hybridized carbons (Fsp3) is 0.294. The Morgan fingerprint density at radius 1 is 0.895 bits per heavy atom. The average molecular weight is 256 g/mol. The molecule has 0 spiro atoms. The lowest BCUT2D eigenvalue weighted by atomic mass is 9.99. The highest BCUT2D eigenvalue weighted by atomic mass is 16.7. The summed E-state index contributed by atoms with van der Waals surface area (Å²) in [4.78, 5) is 0. The third kappa shape index (κ3) is 4.02. The van der Waals surface area contributed by atoms with E-state index in [1.54, 1.807) is 0 Å². The van der Waals surface area contributed by atoms with Gasteiger partial charge in [0, 0.05) is 0 Å². The monoisotopic (exact) mass is 256 g/mol. The molecule has 0 radical (unpaired) electrons. The molecule has 0 aliphatic heterocycles. The standard InChI is InChI=1S/C17H20O2/c1-3-14(2)15-8-7-11-17(12-15)19-13-18-16-9-5-4-6-10-16/h4-12,14H,3,13H2,1-2H3. The first-order valence-corrected chi connectivity index (χ1v) is 6.70. The number of ether oxygens (including phenoxy) is 2. The van der Waals surface area contributed by atoms with Crippen LogP contribution in [0.2, 0.25) is 0 Å². The summed E-state index contributed by atoms with van der Waals surface area (Å²) >= 11 is 0. The zero-order valence-electron chi connectivity index (χ0n) is 11.5. The molecule has 0 bridgehead atoms. The summed E-state index contributed by atoms with van der Waals surface area (Å²) in [6.45, 7) is 4.64. The molecule has 1 atom stereocenters. The number of hydrogen-bond acceptors (Lipinski definition) is 2. The highest BCUT2D eigenvalue weighted by Crippen LogP contribution is 2.23. The first-order chi connectivity index (χ1) is 9.29. The normalized spacial score (nSPS) is 11.9. The quantitative estimate of drug-likeness (QED) is 0.702. The Morgan fingerprint density at radius 2 is 1.58 bits per heavy atom. The second-order valence-electron chi connectivity index (χ2n) is 4.60. The van der Waals surface area contributed by atoms with Crippen LogP contribution in [0.5, 0.6) is 11.5 Å². The Hall–Kier alpha value is -1.96. The van der Waals surface area contributed by atoms with Crippen LogP contribution in [0.25, 0.3) is 0 Å². The van der Waals surface area contributed by atoms with Crippen LogP contribution in [-0.4, -0.2) is 6.79 Å². The van der Waals surface area contributed by atoms with E-state index in [0.29, 0.717) is 5.92 Å². The minimum Gasteiger partial charge on any atom is -0.458 e. The lowest BCUT2D eigenvalue weighted by molar-refractivity contribution is 0.120. The second kappa shape index (κ2) is 6.83. The molecule has 2 aromatic rings. The highest BCUT2D eigenvalue weighted by Gasteiger charge is 2.04. The Balaban J connectivity index is 1.89. The van der Waals surface area contributed by atoms with Crippen LogP contribution in [0.4, 0.5) is 0 Å². The van der Waals surface area contributed by atoms with E-state index < -0.39 is 0 Å². The molecule has 0 amide bonds. The Morgan fingerprint density at radius 3 is 2.32 bits per heavy atom. The van der Waals surface area contributed by atoms with Crippen LogP contribution in [0, 0.1) is 0 Å². The minimum atomic E-state index is 0.230. The van der Waals surface area contributed by atoms with E-state index in [4.69, 9.17) is 9.47 Å². The molecule has 2 nitrogen and oxygen atoms in total. The lowest BCUT2D eigenvalue weighted by Gasteiger charge is -2.12. The maximum Gasteiger partial charge on any atom is 0.230 e. The maximum atomic E-state index is 5.62. The predicted molar refractivity (Wildman–Crippen MR) is 77.7 cm³/mol. The van der Waals surface area contributed by atoms with Gasteiger partial charge in [-0.05, 0) is 42.2 Å². The van der Waals surface area contributed by atoms with Crippen LogP contribution in [0.1, 0.15) is 31.7 Å². The van der Waals surface area contributed by atoms with Crippen LogP contribution in [0.15, 0.2) is 54.6 Å². The van der Waals surface area contributed by atoms with E-state index in [9.17, 15) is 0 Å². The smallest absolute Gasteiger partial charge is 0.230 e. The molecule has 0 aliphatic rings. The molecular weight excluding hydrogens is 236 g/mol. The third-order valence-electron chi connectivity index (χ3n) is 3.23. The summed E-state index contributed by atoms with van der Waals surface area (Å²) < 4.78 is 11.1. The van der Waals surface area contributed by atoms with Gasteiger partial charge >= 0.3 is 0 Å². The summed E-state index contributed by atoms with van der Waals surface area (Å²) in [7, 11) is 0. The van der Waals surface area contributed by atoms with E-state index in [1.165, 1.54) is 5.56 Å². The summed E-state index contributed by atoms with van der Waals surface area (Å²) in [6.07, 6.45) is 1.13. The van der Waals surface area contributed by atoms with E-state index in [1.807, 2.05) is 42.5 Å². The van der Waals surface area contributed by atoms with Crippen LogP contribution < -0.4 is 9.47 Å². The first kappa shape index (κ1) is 13.5. The van der Waals surface area contributed by atoms with E-state index >= 15 is 0 Å². The first-order valence-electron chi connectivity index (χ1n) is 6.70. The van der Waals surface area contributed by atoms with Gasteiger partial charge in [0.15, 0.2) is 0 Å².